The molecule has 0 bridgehead atoms. The van der Waals surface area contributed by atoms with Crippen molar-refractivity contribution in [3.63, 3.8) is 0 Å². The minimum absolute atomic E-state index is 0.708. The summed E-state index contributed by atoms with van der Waals surface area (Å²) in [5, 5.41) is 3.65. The van der Waals surface area contributed by atoms with Crippen molar-refractivity contribution in [2.24, 2.45) is 5.92 Å². The van der Waals surface area contributed by atoms with Crippen molar-refractivity contribution in [1.29, 1.82) is 0 Å². The van der Waals surface area contributed by atoms with Crippen molar-refractivity contribution in [3.05, 3.63) is 21.3 Å². The van der Waals surface area contributed by atoms with Gasteiger partial charge < -0.3 is 5.32 Å². The second-order valence-electron chi connectivity index (χ2n) is 4.45. The molecule has 2 atom stereocenters. The highest BCUT2D eigenvalue weighted by Gasteiger charge is 2.20. The molecule has 0 radical (unpaired) electrons. The van der Waals surface area contributed by atoms with Crippen LogP contribution in [0.2, 0.25) is 4.34 Å². The number of halogens is 1. The van der Waals surface area contributed by atoms with Gasteiger partial charge in [-0.3, -0.25) is 0 Å². The summed E-state index contributed by atoms with van der Waals surface area (Å²) in [7, 11) is 0. The molecule has 0 spiro atoms. The standard InChI is InChI=1S/C12H18ClNS/c1-9-4-2-3-5-11(9)14-8-10-6-7-12(13)15-10/h6-7,9,11,14H,2-5,8H2,1H3. The predicted molar refractivity (Wildman–Crippen MR) is 67.6 cm³/mol. The lowest BCUT2D eigenvalue weighted by Gasteiger charge is -2.29. The number of hydrogen-bond donors (Lipinski definition) is 1. The summed E-state index contributed by atoms with van der Waals surface area (Å²) in [6.07, 6.45) is 5.50. The first-order valence-electron chi connectivity index (χ1n) is 5.73. The van der Waals surface area contributed by atoms with E-state index < -0.39 is 0 Å². The summed E-state index contributed by atoms with van der Waals surface area (Å²) in [6, 6.07) is 4.81. The zero-order valence-corrected chi connectivity index (χ0v) is 10.7. The van der Waals surface area contributed by atoms with E-state index in [0.717, 1.165) is 16.8 Å². The lowest BCUT2D eigenvalue weighted by Crippen LogP contribution is -2.36. The summed E-state index contributed by atoms with van der Waals surface area (Å²) in [5.41, 5.74) is 0. The zero-order valence-electron chi connectivity index (χ0n) is 9.13. The van der Waals surface area contributed by atoms with E-state index in [-0.39, 0.29) is 0 Å². The van der Waals surface area contributed by atoms with Crippen molar-refractivity contribution in [1.82, 2.24) is 5.32 Å². The molecule has 1 aliphatic carbocycles. The van der Waals surface area contributed by atoms with Crippen molar-refractivity contribution < 1.29 is 0 Å². The van der Waals surface area contributed by atoms with Crippen LogP contribution >= 0.6 is 22.9 Å². The van der Waals surface area contributed by atoms with Crippen LogP contribution in [-0.4, -0.2) is 6.04 Å². The molecule has 1 aromatic rings. The lowest BCUT2D eigenvalue weighted by molar-refractivity contribution is 0.280. The highest BCUT2D eigenvalue weighted by molar-refractivity contribution is 7.16. The van der Waals surface area contributed by atoms with Crippen LogP contribution in [0.1, 0.15) is 37.5 Å². The largest absolute Gasteiger partial charge is 0.309 e. The maximum Gasteiger partial charge on any atom is 0.0931 e. The summed E-state index contributed by atoms with van der Waals surface area (Å²) >= 11 is 7.58. The van der Waals surface area contributed by atoms with Gasteiger partial charge in [0.15, 0.2) is 0 Å². The van der Waals surface area contributed by atoms with Gasteiger partial charge in [0.2, 0.25) is 0 Å². The van der Waals surface area contributed by atoms with Gasteiger partial charge in [-0.2, -0.15) is 0 Å². The fourth-order valence-electron chi connectivity index (χ4n) is 2.30. The first-order chi connectivity index (χ1) is 7.25. The van der Waals surface area contributed by atoms with E-state index in [1.165, 1.54) is 30.6 Å². The predicted octanol–water partition coefficient (Wildman–Crippen LogP) is 4.07. The van der Waals surface area contributed by atoms with E-state index in [2.05, 4.69) is 18.3 Å². The molecule has 0 aliphatic heterocycles. The van der Waals surface area contributed by atoms with Gasteiger partial charge in [0, 0.05) is 17.5 Å². The number of rotatable bonds is 3. The van der Waals surface area contributed by atoms with E-state index in [1.807, 2.05) is 6.07 Å². The van der Waals surface area contributed by atoms with Crippen LogP contribution in [0.4, 0.5) is 0 Å². The van der Waals surface area contributed by atoms with Gasteiger partial charge in [-0.25, -0.2) is 0 Å². The summed E-state index contributed by atoms with van der Waals surface area (Å²) in [5.74, 6) is 0.828. The third-order valence-electron chi connectivity index (χ3n) is 3.28. The number of thiophene rings is 1. The second-order valence-corrected chi connectivity index (χ2v) is 6.25. The molecular weight excluding hydrogens is 226 g/mol. The normalized spacial score (nSPS) is 26.8. The Morgan fingerprint density at radius 2 is 2.20 bits per heavy atom. The molecule has 3 heteroatoms. The molecule has 0 amide bonds. The van der Waals surface area contributed by atoms with Crippen molar-refractivity contribution in [3.8, 4) is 0 Å². The van der Waals surface area contributed by atoms with E-state index in [1.54, 1.807) is 11.3 Å². The maximum atomic E-state index is 5.90. The van der Waals surface area contributed by atoms with Crippen LogP contribution < -0.4 is 5.32 Å². The first-order valence-corrected chi connectivity index (χ1v) is 6.93. The molecule has 1 aliphatic rings. The molecule has 2 rings (SSSR count). The monoisotopic (exact) mass is 243 g/mol. The Morgan fingerprint density at radius 1 is 1.40 bits per heavy atom. The molecule has 84 valence electrons. The van der Waals surface area contributed by atoms with Gasteiger partial charge in [0.25, 0.3) is 0 Å². The topological polar surface area (TPSA) is 12.0 Å². The molecule has 0 aromatic carbocycles. The minimum Gasteiger partial charge on any atom is -0.309 e. The van der Waals surface area contributed by atoms with Gasteiger partial charge in [-0.1, -0.05) is 31.4 Å². The minimum atomic E-state index is 0.708. The van der Waals surface area contributed by atoms with Crippen LogP contribution in [-0.2, 0) is 6.54 Å². The van der Waals surface area contributed by atoms with Gasteiger partial charge in [-0.05, 0) is 30.9 Å². The Bertz CT molecular complexity index is 310. The Labute approximate surface area is 101 Å². The molecule has 2 unspecified atom stereocenters. The van der Waals surface area contributed by atoms with Gasteiger partial charge in [0.05, 0.1) is 4.34 Å². The van der Waals surface area contributed by atoms with E-state index in [4.69, 9.17) is 11.6 Å². The lowest BCUT2D eigenvalue weighted by atomic mass is 9.86. The second kappa shape index (κ2) is 5.33. The molecule has 15 heavy (non-hydrogen) atoms. The van der Waals surface area contributed by atoms with Gasteiger partial charge in [-0.15, -0.1) is 11.3 Å². The van der Waals surface area contributed by atoms with Crippen molar-refractivity contribution in [2.75, 3.05) is 0 Å². The molecule has 1 saturated carbocycles. The van der Waals surface area contributed by atoms with E-state index in [9.17, 15) is 0 Å². The van der Waals surface area contributed by atoms with Crippen molar-refractivity contribution in [2.45, 2.75) is 45.2 Å². The molecular formula is C12H18ClNS. The first kappa shape index (κ1) is 11.4. The van der Waals surface area contributed by atoms with Crippen LogP contribution in [0.15, 0.2) is 12.1 Å². The highest BCUT2D eigenvalue weighted by Crippen LogP contribution is 2.25. The summed E-state index contributed by atoms with van der Waals surface area (Å²) in [6.45, 7) is 3.34. The maximum absolute atomic E-state index is 5.90. The zero-order chi connectivity index (χ0) is 10.7. The summed E-state index contributed by atoms with van der Waals surface area (Å²) in [4.78, 5) is 1.35. The number of nitrogens with one attached hydrogen (secondary N) is 1. The third-order valence-corrected chi connectivity index (χ3v) is 4.51. The van der Waals surface area contributed by atoms with Crippen LogP contribution in [0.25, 0.3) is 0 Å². The van der Waals surface area contributed by atoms with E-state index in [0.29, 0.717) is 6.04 Å². The van der Waals surface area contributed by atoms with E-state index >= 15 is 0 Å². The fraction of sp³-hybridized carbons (Fsp3) is 0.667. The molecule has 1 heterocycles. The molecule has 1 N–H and O–H groups in total. The van der Waals surface area contributed by atoms with Gasteiger partial charge >= 0.3 is 0 Å². The highest BCUT2D eigenvalue weighted by atomic mass is 35.5. The van der Waals surface area contributed by atoms with Crippen LogP contribution in [0.3, 0.4) is 0 Å². The van der Waals surface area contributed by atoms with Crippen LogP contribution in [0.5, 0.6) is 0 Å². The Kier molecular flexibility index (Phi) is 4.06. The molecule has 1 aromatic heterocycles. The molecule has 0 saturated heterocycles. The van der Waals surface area contributed by atoms with Gasteiger partial charge in [0.1, 0.15) is 0 Å². The summed E-state index contributed by atoms with van der Waals surface area (Å²) < 4.78 is 0.892. The average molecular weight is 244 g/mol. The molecule has 1 nitrogen and oxygen atoms in total. The average Bonchev–Trinajstić information content (AvgIpc) is 2.63. The quantitative estimate of drug-likeness (QED) is 0.844. The Hall–Kier alpha value is -0.0500. The third kappa shape index (κ3) is 3.20. The SMILES string of the molecule is CC1CCCCC1NCc1ccc(Cl)s1. The fourth-order valence-corrected chi connectivity index (χ4v) is 3.34. The van der Waals surface area contributed by atoms with Crippen LogP contribution in [0, 0.1) is 5.92 Å². The Morgan fingerprint density at radius 3 is 2.87 bits per heavy atom. The Balaban J connectivity index is 1.81. The van der Waals surface area contributed by atoms with Crippen molar-refractivity contribution >= 4 is 22.9 Å². The number of hydrogen-bond acceptors (Lipinski definition) is 2. The molecule has 1 fully saturated rings. The smallest absolute Gasteiger partial charge is 0.0931 e.